The summed E-state index contributed by atoms with van der Waals surface area (Å²) in [5.74, 6) is 1.91. The van der Waals surface area contributed by atoms with Crippen molar-refractivity contribution in [1.29, 1.82) is 0 Å². The molecule has 1 amide bonds. The second kappa shape index (κ2) is 7.55. The summed E-state index contributed by atoms with van der Waals surface area (Å²) >= 11 is 0. The number of carbonyl (C=O) groups excluding carboxylic acids is 1. The van der Waals surface area contributed by atoms with Gasteiger partial charge in [-0.2, -0.15) is 0 Å². The third kappa shape index (κ3) is 3.61. The first-order chi connectivity index (χ1) is 13.2. The molecule has 0 spiro atoms. The van der Waals surface area contributed by atoms with Gasteiger partial charge in [0.25, 0.3) is 0 Å². The molecular formula is C21H25N3O3. The Bertz CT molecular complexity index is 866. The summed E-state index contributed by atoms with van der Waals surface area (Å²) in [6, 6.07) is 5.77. The summed E-state index contributed by atoms with van der Waals surface area (Å²) in [6.07, 6.45) is 5.10. The Balaban J connectivity index is 1.41. The van der Waals surface area contributed by atoms with E-state index < -0.39 is 0 Å². The maximum Gasteiger partial charge on any atom is 0.227 e. The number of ether oxygens (including phenoxy) is 2. The Hall–Kier alpha value is -2.63. The van der Waals surface area contributed by atoms with E-state index in [9.17, 15) is 4.79 Å². The molecule has 6 heteroatoms. The molecule has 1 aromatic heterocycles. The molecule has 2 heterocycles. The van der Waals surface area contributed by atoms with Crippen LogP contribution in [0, 0.1) is 12.8 Å². The molecule has 0 bridgehead atoms. The maximum atomic E-state index is 12.6. The summed E-state index contributed by atoms with van der Waals surface area (Å²) in [7, 11) is 1.62. The van der Waals surface area contributed by atoms with Crippen molar-refractivity contribution in [3.05, 3.63) is 46.5 Å². The summed E-state index contributed by atoms with van der Waals surface area (Å²) in [5, 5.41) is 2.99. The number of aromatic nitrogens is 2. The first kappa shape index (κ1) is 17.8. The average Bonchev–Trinajstić information content (AvgIpc) is 2.71. The van der Waals surface area contributed by atoms with E-state index in [2.05, 4.69) is 15.3 Å². The Morgan fingerprint density at radius 1 is 1.30 bits per heavy atom. The molecule has 1 atom stereocenters. The quantitative estimate of drug-likeness (QED) is 0.899. The Labute approximate surface area is 159 Å². The topological polar surface area (TPSA) is 73.3 Å². The van der Waals surface area contributed by atoms with Gasteiger partial charge in [0.15, 0.2) is 11.5 Å². The maximum absolute atomic E-state index is 12.6. The Kier molecular flexibility index (Phi) is 4.97. The standard InChI is InChI=1S/C21H25N3O3/c1-13-16-7-3-4-8-17(16)24-19(23-13)11-22-21(25)15-10-14-6-5-9-18(26-2)20(14)27-12-15/h5-6,9,15H,3-4,7-8,10-12H2,1-2H3,(H,22,25)/t15-/m0/s1. The number of methoxy groups -OCH3 is 1. The predicted molar refractivity (Wildman–Crippen MR) is 101 cm³/mol. The Morgan fingerprint density at radius 3 is 3.00 bits per heavy atom. The molecule has 4 rings (SSSR count). The summed E-state index contributed by atoms with van der Waals surface area (Å²) < 4.78 is 11.1. The lowest BCUT2D eigenvalue weighted by molar-refractivity contribution is -0.126. The minimum Gasteiger partial charge on any atom is -0.493 e. The van der Waals surface area contributed by atoms with Crippen molar-refractivity contribution >= 4 is 5.91 Å². The van der Waals surface area contributed by atoms with Crippen LogP contribution >= 0.6 is 0 Å². The van der Waals surface area contributed by atoms with Crippen LogP contribution in [0.15, 0.2) is 18.2 Å². The van der Waals surface area contributed by atoms with E-state index in [1.165, 1.54) is 18.4 Å². The largest absolute Gasteiger partial charge is 0.493 e. The van der Waals surface area contributed by atoms with Crippen molar-refractivity contribution in [1.82, 2.24) is 15.3 Å². The average molecular weight is 367 g/mol. The first-order valence-corrected chi connectivity index (χ1v) is 9.57. The number of para-hydroxylation sites is 1. The lowest BCUT2D eigenvalue weighted by Gasteiger charge is -2.25. The monoisotopic (exact) mass is 367 g/mol. The highest BCUT2D eigenvalue weighted by Crippen LogP contribution is 2.36. The fourth-order valence-electron chi connectivity index (χ4n) is 3.96. The number of benzene rings is 1. The zero-order valence-electron chi connectivity index (χ0n) is 15.9. The molecule has 2 aliphatic rings. The molecule has 2 aromatic rings. The van der Waals surface area contributed by atoms with Gasteiger partial charge in [-0.15, -0.1) is 0 Å². The van der Waals surface area contributed by atoms with E-state index in [1.807, 2.05) is 25.1 Å². The van der Waals surface area contributed by atoms with E-state index in [0.29, 0.717) is 31.1 Å². The second-order valence-corrected chi connectivity index (χ2v) is 7.24. The van der Waals surface area contributed by atoms with E-state index in [1.54, 1.807) is 7.11 Å². The van der Waals surface area contributed by atoms with Crippen LogP contribution in [-0.2, 0) is 30.6 Å². The van der Waals surface area contributed by atoms with Gasteiger partial charge < -0.3 is 14.8 Å². The second-order valence-electron chi connectivity index (χ2n) is 7.24. The molecule has 1 aliphatic carbocycles. The predicted octanol–water partition coefficient (Wildman–Crippen LogP) is 2.54. The molecule has 0 unspecified atom stereocenters. The minimum absolute atomic E-state index is 0.0255. The highest BCUT2D eigenvalue weighted by molar-refractivity contribution is 5.79. The number of nitrogens with one attached hydrogen (secondary N) is 1. The van der Waals surface area contributed by atoms with E-state index in [0.717, 1.165) is 35.5 Å². The molecule has 0 saturated heterocycles. The summed E-state index contributed by atoms with van der Waals surface area (Å²) in [5.41, 5.74) is 4.50. The van der Waals surface area contributed by atoms with Crippen LogP contribution in [0.2, 0.25) is 0 Å². The van der Waals surface area contributed by atoms with Crippen molar-refractivity contribution in [2.24, 2.45) is 5.92 Å². The van der Waals surface area contributed by atoms with E-state index in [4.69, 9.17) is 9.47 Å². The fourth-order valence-corrected chi connectivity index (χ4v) is 3.96. The lowest BCUT2D eigenvalue weighted by Crippen LogP contribution is -2.37. The first-order valence-electron chi connectivity index (χ1n) is 9.57. The number of aryl methyl sites for hydroxylation is 2. The van der Waals surface area contributed by atoms with Crippen molar-refractivity contribution in [2.45, 2.75) is 45.6 Å². The molecule has 0 fully saturated rings. The molecule has 142 valence electrons. The number of nitrogens with zero attached hydrogens (tertiary/aromatic N) is 2. The number of rotatable bonds is 4. The lowest BCUT2D eigenvalue weighted by atomic mass is 9.95. The van der Waals surface area contributed by atoms with Crippen molar-refractivity contribution in [2.75, 3.05) is 13.7 Å². The molecule has 6 nitrogen and oxygen atoms in total. The van der Waals surface area contributed by atoms with E-state index >= 15 is 0 Å². The van der Waals surface area contributed by atoms with Gasteiger partial charge >= 0.3 is 0 Å². The van der Waals surface area contributed by atoms with Gasteiger partial charge in [-0.05, 0) is 56.2 Å². The number of hydrogen-bond acceptors (Lipinski definition) is 5. The van der Waals surface area contributed by atoms with Crippen molar-refractivity contribution < 1.29 is 14.3 Å². The SMILES string of the molecule is COc1cccc2c1OC[C@@H](C(=O)NCc1nc(C)c3c(n1)CCCC3)C2. The summed E-state index contributed by atoms with van der Waals surface area (Å²) in [6.45, 7) is 2.74. The highest BCUT2D eigenvalue weighted by atomic mass is 16.5. The van der Waals surface area contributed by atoms with Gasteiger partial charge in [0.05, 0.1) is 19.6 Å². The minimum atomic E-state index is -0.219. The van der Waals surface area contributed by atoms with Gasteiger partial charge in [0.2, 0.25) is 5.91 Å². The van der Waals surface area contributed by atoms with Gasteiger partial charge in [0, 0.05) is 11.4 Å². The number of amides is 1. The fraction of sp³-hybridized carbons (Fsp3) is 0.476. The molecule has 1 aliphatic heterocycles. The van der Waals surface area contributed by atoms with Crippen LogP contribution in [0.3, 0.4) is 0 Å². The zero-order chi connectivity index (χ0) is 18.8. The molecule has 1 aromatic carbocycles. The van der Waals surface area contributed by atoms with Gasteiger partial charge in [0.1, 0.15) is 12.4 Å². The van der Waals surface area contributed by atoms with Gasteiger partial charge in [-0.3, -0.25) is 4.79 Å². The normalized spacial score (nSPS) is 18.1. The highest BCUT2D eigenvalue weighted by Gasteiger charge is 2.28. The smallest absolute Gasteiger partial charge is 0.227 e. The molecule has 0 saturated carbocycles. The van der Waals surface area contributed by atoms with E-state index in [-0.39, 0.29) is 11.8 Å². The zero-order valence-corrected chi connectivity index (χ0v) is 15.9. The Morgan fingerprint density at radius 2 is 2.15 bits per heavy atom. The van der Waals surface area contributed by atoms with Gasteiger partial charge in [-0.25, -0.2) is 9.97 Å². The van der Waals surface area contributed by atoms with Crippen molar-refractivity contribution in [3.63, 3.8) is 0 Å². The third-order valence-electron chi connectivity index (χ3n) is 5.40. The van der Waals surface area contributed by atoms with Crippen LogP contribution in [0.5, 0.6) is 11.5 Å². The molecule has 27 heavy (non-hydrogen) atoms. The van der Waals surface area contributed by atoms with Crippen LogP contribution < -0.4 is 14.8 Å². The van der Waals surface area contributed by atoms with Crippen molar-refractivity contribution in [3.8, 4) is 11.5 Å². The molecular weight excluding hydrogens is 342 g/mol. The number of fused-ring (bicyclic) bond motifs is 2. The summed E-state index contributed by atoms with van der Waals surface area (Å²) in [4.78, 5) is 21.9. The molecule has 1 N–H and O–H groups in total. The number of carbonyl (C=O) groups is 1. The van der Waals surface area contributed by atoms with Gasteiger partial charge in [-0.1, -0.05) is 12.1 Å². The third-order valence-corrected chi connectivity index (χ3v) is 5.40. The number of hydrogen-bond donors (Lipinski definition) is 1. The van der Waals surface area contributed by atoms with Crippen LogP contribution in [-0.4, -0.2) is 29.6 Å². The van der Waals surface area contributed by atoms with Crippen LogP contribution in [0.4, 0.5) is 0 Å². The van der Waals surface area contributed by atoms with Crippen LogP contribution in [0.25, 0.3) is 0 Å². The molecule has 0 radical (unpaired) electrons. The van der Waals surface area contributed by atoms with Crippen LogP contribution in [0.1, 0.15) is 41.2 Å².